The number of esters is 1. The van der Waals surface area contributed by atoms with Crippen LogP contribution in [0.3, 0.4) is 0 Å². The predicted molar refractivity (Wildman–Crippen MR) is 66.2 cm³/mol. The Kier molecular flexibility index (Phi) is 2.68. The molecule has 0 aliphatic carbocycles. The molecule has 0 amide bonds. The van der Waals surface area contributed by atoms with Gasteiger partial charge in [0.15, 0.2) is 17.2 Å². The number of anilines is 1. The Morgan fingerprint density at radius 2 is 2.05 bits per heavy atom. The SMILES string of the molecule is Nc1cc2c(cc1OC(=O)c1ccccn1)OCO2. The number of aromatic nitrogens is 1. The third-order valence-electron chi connectivity index (χ3n) is 2.58. The van der Waals surface area contributed by atoms with Gasteiger partial charge in [0.25, 0.3) is 0 Å². The molecule has 0 atom stereocenters. The first-order valence-electron chi connectivity index (χ1n) is 5.56. The molecule has 1 aromatic carbocycles. The van der Waals surface area contributed by atoms with Crippen molar-refractivity contribution < 1.29 is 19.0 Å². The number of nitrogens with two attached hydrogens (primary N) is 1. The van der Waals surface area contributed by atoms with Gasteiger partial charge < -0.3 is 19.9 Å². The van der Waals surface area contributed by atoms with Crippen molar-refractivity contribution in [3.8, 4) is 17.2 Å². The summed E-state index contributed by atoms with van der Waals surface area (Å²) < 4.78 is 15.6. The largest absolute Gasteiger partial charge is 0.454 e. The second-order valence-corrected chi connectivity index (χ2v) is 3.85. The molecule has 0 unspecified atom stereocenters. The van der Waals surface area contributed by atoms with Crippen molar-refractivity contribution in [2.75, 3.05) is 12.5 Å². The lowest BCUT2D eigenvalue weighted by Crippen LogP contribution is -2.11. The summed E-state index contributed by atoms with van der Waals surface area (Å²) in [6.45, 7) is 0.131. The molecular weight excluding hydrogens is 248 g/mol. The fourth-order valence-electron chi connectivity index (χ4n) is 1.66. The van der Waals surface area contributed by atoms with E-state index >= 15 is 0 Å². The molecule has 6 nitrogen and oxygen atoms in total. The topological polar surface area (TPSA) is 83.7 Å². The van der Waals surface area contributed by atoms with Crippen LogP contribution in [0.1, 0.15) is 10.5 Å². The fraction of sp³-hybridized carbons (Fsp3) is 0.0769. The summed E-state index contributed by atoms with van der Waals surface area (Å²) in [6, 6.07) is 8.06. The van der Waals surface area contributed by atoms with Gasteiger partial charge in [-0.2, -0.15) is 0 Å². The van der Waals surface area contributed by atoms with Gasteiger partial charge in [-0.3, -0.25) is 0 Å². The molecule has 1 aliphatic heterocycles. The summed E-state index contributed by atoms with van der Waals surface area (Å²) >= 11 is 0. The molecule has 2 N–H and O–H groups in total. The van der Waals surface area contributed by atoms with E-state index in [-0.39, 0.29) is 18.2 Å². The van der Waals surface area contributed by atoms with Crippen molar-refractivity contribution in [3.63, 3.8) is 0 Å². The van der Waals surface area contributed by atoms with E-state index in [2.05, 4.69) is 4.98 Å². The smallest absolute Gasteiger partial charge is 0.362 e. The monoisotopic (exact) mass is 258 g/mol. The summed E-state index contributed by atoms with van der Waals surface area (Å²) in [4.78, 5) is 15.8. The van der Waals surface area contributed by atoms with Crippen LogP contribution in [0.2, 0.25) is 0 Å². The number of fused-ring (bicyclic) bond motifs is 1. The average Bonchev–Trinajstić information content (AvgIpc) is 2.87. The van der Waals surface area contributed by atoms with Crippen LogP contribution < -0.4 is 19.9 Å². The Hall–Kier alpha value is -2.76. The summed E-state index contributed by atoms with van der Waals surface area (Å²) in [5, 5.41) is 0. The molecule has 2 aromatic rings. The molecule has 0 spiro atoms. The second-order valence-electron chi connectivity index (χ2n) is 3.85. The van der Waals surface area contributed by atoms with E-state index in [9.17, 15) is 4.79 Å². The molecule has 1 aliphatic rings. The number of hydrogen-bond donors (Lipinski definition) is 1. The molecule has 2 heterocycles. The number of hydrogen-bond acceptors (Lipinski definition) is 6. The highest BCUT2D eigenvalue weighted by Gasteiger charge is 2.19. The van der Waals surface area contributed by atoms with Crippen LogP contribution in [-0.4, -0.2) is 17.7 Å². The first-order valence-corrected chi connectivity index (χ1v) is 5.56. The number of benzene rings is 1. The number of nitrogens with zero attached hydrogens (tertiary/aromatic N) is 1. The Morgan fingerprint density at radius 1 is 1.26 bits per heavy atom. The predicted octanol–water partition coefficient (Wildman–Crippen LogP) is 1.61. The van der Waals surface area contributed by atoms with Gasteiger partial charge in [-0.1, -0.05) is 6.07 Å². The Balaban J connectivity index is 1.86. The van der Waals surface area contributed by atoms with Crippen molar-refractivity contribution in [1.29, 1.82) is 0 Å². The zero-order valence-corrected chi connectivity index (χ0v) is 9.83. The normalized spacial score (nSPS) is 12.2. The third-order valence-corrected chi connectivity index (χ3v) is 2.58. The number of ether oxygens (including phenoxy) is 3. The number of carbonyl (C=O) groups excluding carboxylic acids is 1. The quantitative estimate of drug-likeness (QED) is 0.500. The highest BCUT2D eigenvalue weighted by Crippen LogP contribution is 2.39. The Morgan fingerprint density at radius 3 is 2.79 bits per heavy atom. The zero-order valence-electron chi connectivity index (χ0n) is 9.83. The van der Waals surface area contributed by atoms with Gasteiger partial charge in [0, 0.05) is 18.3 Å². The molecule has 0 saturated heterocycles. The van der Waals surface area contributed by atoms with Crippen LogP contribution >= 0.6 is 0 Å². The van der Waals surface area contributed by atoms with E-state index < -0.39 is 5.97 Å². The van der Waals surface area contributed by atoms with Crippen LogP contribution in [-0.2, 0) is 0 Å². The third kappa shape index (κ3) is 2.15. The molecule has 0 bridgehead atoms. The minimum absolute atomic E-state index is 0.131. The molecule has 19 heavy (non-hydrogen) atoms. The first-order chi connectivity index (χ1) is 9.24. The minimum Gasteiger partial charge on any atom is -0.454 e. The lowest BCUT2D eigenvalue weighted by Gasteiger charge is -2.07. The van der Waals surface area contributed by atoms with E-state index in [0.717, 1.165) is 0 Å². The Labute approximate surface area is 108 Å². The first kappa shape index (κ1) is 11.3. The summed E-state index contributed by atoms with van der Waals surface area (Å²) in [7, 11) is 0. The van der Waals surface area contributed by atoms with Gasteiger partial charge >= 0.3 is 5.97 Å². The highest BCUT2D eigenvalue weighted by molar-refractivity contribution is 5.89. The van der Waals surface area contributed by atoms with Crippen LogP contribution in [0.5, 0.6) is 17.2 Å². The molecule has 1 aromatic heterocycles. The van der Waals surface area contributed by atoms with Gasteiger partial charge in [0.05, 0.1) is 5.69 Å². The van der Waals surface area contributed by atoms with Gasteiger partial charge in [-0.15, -0.1) is 0 Å². The van der Waals surface area contributed by atoms with Crippen LogP contribution in [0.15, 0.2) is 36.5 Å². The van der Waals surface area contributed by atoms with Crippen molar-refractivity contribution in [3.05, 3.63) is 42.2 Å². The zero-order chi connectivity index (χ0) is 13.2. The van der Waals surface area contributed by atoms with Gasteiger partial charge in [-0.05, 0) is 12.1 Å². The lowest BCUT2D eigenvalue weighted by molar-refractivity contribution is 0.0729. The van der Waals surface area contributed by atoms with Crippen LogP contribution in [0.4, 0.5) is 5.69 Å². The Bertz CT molecular complexity index is 628. The number of rotatable bonds is 2. The van der Waals surface area contributed by atoms with E-state index in [4.69, 9.17) is 19.9 Å². The van der Waals surface area contributed by atoms with Gasteiger partial charge in [0.2, 0.25) is 6.79 Å². The van der Waals surface area contributed by atoms with E-state index in [0.29, 0.717) is 17.2 Å². The van der Waals surface area contributed by atoms with Crippen LogP contribution in [0.25, 0.3) is 0 Å². The van der Waals surface area contributed by atoms with Crippen molar-refractivity contribution in [2.45, 2.75) is 0 Å². The summed E-state index contributed by atoms with van der Waals surface area (Å²) in [5.41, 5.74) is 6.29. The molecule has 6 heteroatoms. The number of carbonyl (C=O) groups is 1. The van der Waals surface area contributed by atoms with E-state index in [1.807, 2.05) is 0 Å². The van der Waals surface area contributed by atoms with Crippen molar-refractivity contribution in [2.24, 2.45) is 0 Å². The molecule has 96 valence electrons. The number of pyridine rings is 1. The maximum absolute atomic E-state index is 11.9. The molecular formula is C13H10N2O4. The fourth-order valence-corrected chi connectivity index (χ4v) is 1.66. The minimum atomic E-state index is -0.578. The van der Waals surface area contributed by atoms with Crippen molar-refractivity contribution in [1.82, 2.24) is 4.98 Å². The maximum atomic E-state index is 11.9. The highest BCUT2D eigenvalue weighted by atomic mass is 16.7. The lowest BCUT2D eigenvalue weighted by atomic mass is 10.2. The van der Waals surface area contributed by atoms with Gasteiger partial charge in [-0.25, -0.2) is 9.78 Å². The van der Waals surface area contributed by atoms with Gasteiger partial charge in [0.1, 0.15) is 5.69 Å². The van der Waals surface area contributed by atoms with Crippen molar-refractivity contribution >= 4 is 11.7 Å². The second kappa shape index (κ2) is 4.49. The molecule has 0 saturated carbocycles. The standard InChI is InChI=1S/C13H10N2O4/c14-8-5-11-12(18-7-17-11)6-10(8)19-13(16)9-3-1-2-4-15-9/h1-6H,7,14H2. The van der Waals surface area contributed by atoms with Crippen LogP contribution in [0, 0.1) is 0 Å². The van der Waals surface area contributed by atoms with E-state index in [1.165, 1.54) is 12.3 Å². The average molecular weight is 258 g/mol. The summed E-state index contributed by atoms with van der Waals surface area (Å²) in [6.07, 6.45) is 1.51. The molecule has 0 radical (unpaired) electrons. The number of nitrogen functional groups attached to an aromatic ring is 1. The summed E-state index contributed by atoms with van der Waals surface area (Å²) in [5.74, 6) is 0.680. The van der Waals surface area contributed by atoms with E-state index in [1.54, 1.807) is 24.3 Å². The molecule has 3 rings (SSSR count). The molecule has 0 fully saturated rings. The maximum Gasteiger partial charge on any atom is 0.362 e.